The molecule has 0 aromatic carbocycles. The lowest BCUT2D eigenvalue weighted by molar-refractivity contribution is 0.228. The molecule has 1 aliphatic rings. The van der Waals surface area contributed by atoms with Crippen molar-refractivity contribution >= 4 is 78.0 Å². The second-order valence-electron chi connectivity index (χ2n) is 8.51. The van der Waals surface area contributed by atoms with Crippen molar-refractivity contribution in [2.75, 3.05) is 13.2 Å². The van der Waals surface area contributed by atoms with Gasteiger partial charge in [0.2, 0.25) is 0 Å². The van der Waals surface area contributed by atoms with Crippen LogP contribution in [0.5, 0.6) is 0 Å². The molecule has 1 saturated carbocycles. The maximum atomic E-state index is 6.26. The van der Waals surface area contributed by atoms with E-state index in [-0.39, 0.29) is 0 Å². The van der Waals surface area contributed by atoms with E-state index in [0.717, 1.165) is 77.4 Å². The van der Waals surface area contributed by atoms with Gasteiger partial charge in [0, 0.05) is 5.66 Å². The molecule has 0 unspecified atom stereocenters. The quantitative estimate of drug-likeness (QED) is 0.0970. The SMILES string of the molecule is ClC(Cl)(Cl)CCCCCCCOP(OCCCCCCCC(Cl)(Cl)Cl)C1CCCCC1. The maximum Gasteiger partial charge on any atom is 0.190 e. The van der Waals surface area contributed by atoms with Gasteiger partial charge in [-0.1, -0.05) is 127 Å². The Morgan fingerprint density at radius 1 is 0.548 bits per heavy atom. The summed E-state index contributed by atoms with van der Waals surface area (Å²) in [4.78, 5) is 0. The number of unbranched alkanes of at least 4 members (excludes halogenated alkanes) is 8. The molecule has 0 saturated heterocycles. The summed E-state index contributed by atoms with van der Waals surface area (Å²) < 4.78 is 10.3. The summed E-state index contributed by atoms with van der Waals surface area (Å²) in [6, 6.07) is 0. The van der Waals surface area contributed by atoms with Gasteiger partial charge in [-0.15, -0.1) is 0 Å². The van der Waals surface area contributed by atoms with Crippen LogP contribution < -0.4 is 0 Å². The highest BCUT2D eigenvalue weighted by Crippen LogP contribution is 2.50. The van der Waals surface area contributed by atoms with E-state index < -0.39 is 16.0 Å². The third-order valence-electron chi connectivity index (χ3n) is 5.52. The zero-order valence-electron chi connectivity index (χ0n) is 18.5. The highest BCUT2D eigenvalue weighted by atomic mass is 35.6. The Morgan fingerprint density at radius 2 is 0.935 bits per heavy atom. The molecule has 0 amide bonds. The molecule has 0 heterocycles. The van der Waals surface area contributed by atoms with E-state index in [4.69, 9.17) is 78.7 Å². The first-order valence-electron chi connectivity index (χ1n) is 11.9. The van der Waals surface area contributed by atoms with Crippen LogP contribution >= 0.6 is 78.0 Å². The summed E-state index contributed by atoms with van der Waals surface area (Å²) >= 11 is 34.7. The predicted octanol–water partition coefficient (Wildman–Crippen LogP) is 11.1. The van der Waals surface area contributed by atoms with Crippen molar-refractivity contribution < 1.29 is 9.05 Å². The summed E-state index contributed by atoms with van der Waals surface area (Å²) in [5, 5.41) is 0. The molecule has 2 nitrogen and oxygen atoms in total. The standard InChI is InChI=1S/C22H39Cl6O2P/c23-21(24,25)16-10-3-1-5-12-18-29-31(20-14-8-7-9-15-20)30-19-13-6-2-4-11-17-22(26,27)28/h20H,1-19H2. The van der Waals surface area contributed by atoms with E-state index in [9.17, 15) is 0 Å². The highest BCUT2D eigenvalue weighted by molar-refractivity contribution is 7.48. The minimum absolute atomic E-state index is 0.609. The lowest BCUT2D eigenvalue weighted by Crippen LogP contribution is -2.14. The van der Waals surface area contributed by atoms with Gasteiger partial charge in [0.1, 0.15) is 0 Å². The zero-order chi connectivity index (χ0) is 23.0. The van der Waals surface area contributed by atoms with E-state index in [2.05, 4.69) is 0 Å². The summed E-state index contributed by atoms with van der Waals surface area (Å²) in [5.41, 5.74) is 0.609. The third kappa shape index (κ3) is 20.0. The van der Waals surface area contributed by atoms with Crippen LogP contribution in [0.25, 0.3) is 0 Å². The van der Waals surface area contributed by atoms with Gasteiger partial charge in [-0.3, -0.25) is 0 Å². The normalized spacial score (nSPS) is 16.4. The zero-order valence-corrected chi connectivity index (χ0v) is 24.0. The molecule has 0 spiro atoms. The van der Waals surface area contributed by atoms with Gasteiger partial charge in [0.25, 0.3) is 0 Å². The fourth-order valence-corrected chi connectivity index (χ4v) is 6.47. The summed E-state index contributed by atoms with van der Waals surface area (Å²) in [6.45, 7) is 1.59. The monoisotopic (exact) mass is 576 g/mol. The van der Waals surface area contributed by atoms with Gasteiger partial charge >= 0.3 is 0 Å². The molecule has 0 bridgehead atoms. The van der Waals surface area contributed by atoms with E-state index in [1.54, 1.807) is 0 Å². The average Bonchev–Trinajstić information content (AvgIpc) is 2.69. The van der Waals surface area contributed by atoms with Crippen LogP contribution in [0.1, 0.15) is 109 Å². The summed E-state index contributed by atoms with van der Waals surface area (Å²) in [6.07, 6.45) is 18.6. The van der Waals surface area contributed by atoms with Crippen molar-refractivity contribution in [2.24, 2.45) is 0 Å². The Labute approximate surface area is 221 Å². The molecule has 186 valence electrons. The smallest absolute Gasteiger partial charge is 0.190 e. The van der Waals surface area contributed by atoms with Crippen LogP contribution in [0.15, 0.2) is 0 Å². The van der Waals surface area contributed by atoms with Crippen molar-refractivity contribution in [1.29, 1.82) is 0 Å². The average molecular weight is 579 g/mol. The highest BCUT2D eigenvalue weighted by Gasteiger charge is 2.26. The lowest BCUT2D eigenvalue weighted by atomic mass is 10.0. The number of halogens is 6. The molecule has 0 aliphatic heterocycles. The van der Waals surface area contributed by atoms with Crippen molar-refractivity contribution in [3.05, 3.63) is 0 Å². The topological polar surface area (TPSA) is 18.5 Å². The van der Waals surface area contributed by atoms with E-state index in [1.165, 1.54) is 32.1 Å². The van der Waals surface area contributed by atoms with Gasteiger partial charge in [0.15, 0.2) is 16.0 Å². The number of alkyl halides is 6. The maximum absolute atomic E-state index is 6.26. The Balaban J connectivity index is 2.12. The number of rotatable bonds is 17. The van der Waals surface area contributed by atoms with Crippen LogP contribution in [-0.4, -0.2) is 26.5 Å². The van der Waals surface area contributed by atoms with Crippen molar-refractivity contribution in [1.82, 2.24) is 0 Å². The summed E-state index contributed by atoms with van der Waals surface area (Å²) in [5.74, 6) is 0. The molecule has 1 fully saturated rings. The van der Waals surface area contributed by atoms with Gasteiger partial charge < -0.3 is 9.05 Å². The van der Waals surface area contributed by atoms with Crippen LogP contribution in [0.2, 0.25) is 0 Å². The van der Waals surface area contributed by atoms with Gasteiger partial charge in [0.05, 0.1) is 13.2 Å². The van der Waals surface area contributed by atoms with Crippen molar-refractivity contribution in [2.45, 2.75) is 122 Å². The third-order valence-corrected chi connectivity index (χ3v) is 8.64. The molecular formula is C22H39Cl6O2P. The van der Waals surface area contributed by atoms with Crippen LogP contribution in [0, 0.1) is 0 Å². The Morgan fingerprint density at radius 3 is 1.35 bits per heavy atom. The first-order valence-corrected chi connectivity index (χ1v) is 15.4. The van der Waals surface area contributed by atoms with Crippen LogP contribution in [0.4, 0.5) is 0 Å². The minimum Gasteiger partial charge on any atom is -0.334 e. The predicted molar refractivity (Wildman–Crippen MR) is 142 cm³/mol. The number of hydrogen-bond acceptors (Lipinski definition) is 2. The molecule has 0 atom stereocenters. The molecule has 9 heteroatoms. The molecule has 0 aromatic rings. The Hall–Kier alpha value is 2.09. The first-order chi connectivity index (χ1) is 14.7. The molecule has 0 aromatic heterocycles. The Kier molecular flexibility index (Phi) is 18.4. The Bertz CT molecular complexity index is 395. The minimum atomic E-state index is -1.11. The fourth-order valence-electron chi connectivity index (χ4n) is 3.76. The van der Waals surface area contributed by atoms with Gasteiger partial charge in [-0.2, -0.15) is 0 Å². The van der Waals surface area contributed by atoms with Crippen molar-refractivity contribution in [3.8, 4) is 0 Å². The van der Waals surface area contributed by atoms with Crippen LogP contribution in [0.3, 0.4) is 0 Å². The number of hydrogen-bond donors (Lipinski definition) is 0. The molecule has 0 N–H and O–H groups in total. The van der Waals surface area contributed by atoms with Gasteiger partial charge in [-0.25, -0.2) is 0 Å². The molecule has 0 radical (unpaired) electrons. The fraction of sp³-hybridized carbons (Fsp3) is 1.00. The second kappa shape index (κ2) is 18.4. The molecule has 1 rings (SSSR count). The van der Waals surface area contributed by atoms with E-state index in [1.807, 2.05) is 0 Å². The lowest BCUT2D eigenvalue weighted by Gasteiger charge is -2.29. The molecule has 31 heavy (non-hydrogen) atoms. The molecule has 1 aliphatic carbocycles. The van der Waals surface area contributed by atoms with Gasteiger partial charge in [-0.05, 0) is 51.4 Å². The summed E-state index contributed by atoms with van der Waals surface area (Å²) in [7, 11) is -0.770. The van der Waals surface area contributed by atoms with E-state index >= 15 is 0 Å². The van der Waals surface area contributed by atoms with Crippen molar-refractivity contribution in [3.63, 3.8) is 0 Å². The largest absolute Gasteiger partial charge is 0.334 e. The molecular weight excluding hydrogens is 540 g/mol. The second-order valence-corrected chi connectivity index (χ2v) is 15.4. The van der Waals surface area contributed by atoms with Crippen LogP contribution in [-0.2, 0) is 9.05 Å². The first kappa shape index (κ1) is 31.1. The van der Waals surface area contributed by atoms with E-state index in [0.29, 0.717) is 18.5 Å².